The second kappa shape index (κ2) is 34.3. The van der Waals surface area contributed by atoms with Crippen molar-refractivity contribution in [1.82, 2.24) is 4.90 Å². The van der Waals surface area contributed by atoms with Gasteiger partial charge in [-0.3, -0.25) is 9.59 Å². The van der Waals surface area contributed by atoms with Crippen LogP contribution in [0.15, 0.2) is 0 Å². The normalized spacial score (nSPS) is 11.9. The van der Waals surface area contributed by atoms with Crippen molar-refractivity contribution in [2.24, 2.45) is 11.3 Å². The predicted octanol–water partition coefficient (Wildman–Crippen LogP) is 11.6. The fourth-order valence-electron chi connectivity index (χ4n) is 6.60. The summed E-state index contributed by atoms with van der Waals surface area (Å²) in [5.74, 6) is 0.783. The summed E-state index contributed by atoms with van der Waals surface area (Å²) in [5.41, 5.74) is -0.407. The summed E-state index contributed by atoms with van der Waals surface area (Å²) in [4.78, 5) is 27.1. The Morgan fingerprint density at radius 1 is 0.562 bits per heavy atom. The van der Waals surface area contributed by atoms with Crippen LogP contribution in [-0.4, -0.2) is 61.4 Å². The molecule has 6 heteroatoms. The first-order valence-corrected chi connectivity index (χ1v) is 21.0. The molecule has 0 saturated carbocycles. The van der Waals surface area contributed by atoms with Crippen LogP contribution in [-0.2, 0) is 19.1 Å². The molecule has 0 fully saturated rings. The number of rotatable bonds is 37. The molecule has 0 heterocycles. The lowest BCUT2D eigenvalue weighted by Crippen LogP contribution is -2.29. The summed E-state index contributed by atoms with van der Waals surface area (Å²) in [5, 5.41) is 9.53. The third kappa shape index (κ3) is 29.7. The number of nitrogens with zero attached hydrogens (tertiary/aromatic N) is 1. The number of ether oxygens (including phenoxy) is 2. The van der Waals surface area contributed by atoms with Gasteiger partial charge in [-0.2, -0.15) is 0 Å². The highest BCUT2D eigenvalue weighted by Gasteiger charge is 2.28. The van der Waals surface area contributed by atoms with Gasteiger partial charge in [-0.25, -0.2) is 0 Å². The maximum atomic E-state index is 12.6. The van der Waals surface area contributed by atoms with E-state index in [4.69, 9.17) is 9.47 Å². The van der Waals surface area contributed by atoms with Crippen LogP contribution in [0.2, 0.25) is 0 Å². The third-order valence-electron chi connectivity index (χ3n) is 10.0. The van der Waals surface area contributed by atoms with Gasteiger partial charge in [-0.05, 0) is 77.8 Å². The van der Waals surface area contributed by atoms with Gasteiger partial charge in [0, 0.05) is 13.0 Å². The van der Waals surface area contributed by atoms with Gasteiger partial charge in [0.2, 0.25) is 0 Å². The monoisotopic (exact) mass is 682 g/mol. The molecule has 0 bridgehead atoms. The molecule has 0 saturated heterocycles. The lowest BCUT2D eigenvalue weighted by Gasteiger charge is -2.23. The van der Waals surface area contributed by atoms with Crippen LogP contribution >= 0.6 is 0 Å². The molecule has 0 atom stereocenters. The van der Waals surface area contributed by atoms with E-state index >= 15 is 0 Å². The van der Waals surface area contributed by atoms with Crippen LogP contribution in [0.5, 0.6) is 0 Å². The van der Waals surface area contributed by atoms with Gasteiger partial charge in [0.05, 0.1) is 25.2 Å². The van der Waals surface area contributed by atoms with E-state index in [1.807, 2.05) is 13.8 Å². The standard InChI is InChI=1S/C42H83NO5/c1-6-9-12-13-14-20-26-38-48-41(46)42(4,5)32-23-17-19-25-34-43(35-36-44)33-24-18-15-16-21-31-40(45)47-37-27-22-30-39(28-10-7-2)29-11-8-3/h39,44H,6-38H2,1-5H3. The first-order valence-electron chi connectivity index (χ1n) is 21.0. The van der Waals surface area contributed by atoms with Gasteiger partial charge in [0.1, 0.15) is 0 Å². The number of aliphatic hydroxyl groups excluding tert-OH is 1. The fourth-order valence-corrected chi connectivity index (χ4v) is 6.60. The highest BCUT2D eigenvalue weighted by Crippen LogP contribution is 2.26. The lowest BCUT2D eigenvalue weighted by molar-refractivity contribution is -0.154. The first-order chi connectivity index (χ1) is 23.3. The number of carbonyl (C=O) groups is 2. The second-order valence-corrected chi connectivity index (χ2v) is 15.3. The van der Waals surface area contributed by atoms with Crippen LogP contribution in [0, 0.1) is 11.3 Å². The Bertz CT molecular complexity index is 704. The Morgan fingerprint density at radius 3 is 1.65 bits per heavy atom. The molecule has 0 aliphatic carbocycles. The van der Waals surface area contributed by atoms with E-state index in [0.29, 0.717) is 19.6 Å². The summed E-state index contributed by atoms with van der Waals surface area (Å²) >= 11 is 0. The molecule has 0 unspecified atom stereocenters. The van der Waals surface area contributed by atoms with Crippen molar-refractivity contribution >= 4 is 11.9 Å². The summed E-state index contributed by atoms with van der Waals surface area (Å²) in [6, 6.07) is 0. The molecular weight excluding hydrogens is 598 g/mol. The van der Waals surface area contributed by atoms with E-state index in [1.54, 1.807) is 0 Å². The maximum absolute atomic E-state index is 12.6. The van der Waals surface area contributed by atoms with Crippen molar-refractivity contribution in [3.63, 3.8) is 0 Å². The molecule has 286 valence electrons. The summed E-state index contributed by atoms with van der Waals surface area (Å²) in [6.45, 7) is 15.0. The van der Waals surface area contributed by atoms with Gasteiger partial charge in [0.15, 0.2) is 0 Å². The minimum atomic E-state index is -0.407. The Balaban J connectivity index is 3.84. The van der Waals surface area contributed by atoms with E-state index in [-0.39, 0.29) is 18.5 Å². The first kappa shape index (κ1) is 46.9. The number of hydrogen-bond acceptors (Lipinski definition) is 6. The smallest absolute Gasteiger partial charge is 0.311 e. The van der Waals surface area contributed by atoms with Crippen molar-refractivity contribution in [1.29, 1.82) is 0 Å². The van der Waals surface area contributed by atoms with Gasteiger partial charge in [-0.1, -0.05) is 143 Å². The van der Waals surface area contributed by atoms with Crippen molar-refractivity contribution < 1.29 is 24.2 Å². The highest BCUT2D eigenvalue weighted by molar-refractivity contribution is 5.75. The quantitative estimate of drug-likeness (QED) is 0.0519. The number of aliphatic hydroxyl groups is 1. The van der Waals surface area contributed by atoms with Crippen molar-refractivity contribution in [3.05, 3.63) is 0 Å². The minimum Gasteiger partial charge on any atom is -0.466 e. The van der Waals surface area contributed by atoms with Gasteiger partial charge < -0.3 is 19.5 Å². The molecule has 0 aromatic rings. The highest BCUT2D eigenvalue weighted by atomic mass is 16.5. The zero-order valence-corrected chi connectivity index (χ0v) is 32.9. The largest absolute Gasteiger partial charge is 0.466 e. The second-order valence-electron chi connectivity index (χ2n) is 15.3. The molecule has 0 aromatic heterocycles. The molecule has 48 heavy (non-hydrogen) atoms. The van der Waals surface area contributed by atoms with Crippen LogP contribution in [0.25, 0.3) is 0 Å². The average molecular weight is 682 g/mol. The third-order valence-corrected chi connectivity index (χ3v) is 10.0. The molecule has 0 aliphatic rings. The van der Waals surface area contributed by atoms with E-state index in [1.165, 1.54) is 89.9 Å². The van der Waals surface area contributed by atoms with E-state index in [0.717, 1.165) is 103 Å². The maximum Gasteiger partial charge on any atom is 0.311 e. The zero-order chi connectivity index (χ0) is 35.6. The van der Waals surface area contributed by atoms with Gasteiger partial charge >= 0.3 is 11.9 Å². The number of hydrogen-bond donors (Lipinski definition) is 1. The lowest BCUT2D eigenvalue weighted by atomic mass is 9.87. The van der Waals surface area contributed by atoms with Crippen LogP contribution in [0.4, 0.5) is 0 Å². The Kier molecular flexibility index (Phi) is 33.5. The predicted molar refractivity (Wildman–Crippen MR) is 204 cm³/mol. The van der Waals surface area contributed by atoms with Crippen molar-refractivity contribution in [2.45, 2.75) is 208 Å². The Hall–Kier alpha value is -1.14. The average Bonchev–Trinajstić information content (AvgIpc) is 3.07. The number of esters is 2. The molecule has 1 N–H and O–H groups in total. The minimum absolute atomic E-state index is 0.0278. The number of unbranched alkanes of at least 4 members (excludes halogenated alkanes) is 16. The summed E-state index contributed by atoms with van der Waals surface area (Å²) in [7, 11) is 0. The summed E-state index contributed by atoms with van der Waals surface area (Å²) in [6.07, 6.45) is 31.3. The van der Waals surface area contributed by atoms with Crippen LogP contribution < -0.4 is 0 Å². The number of carbonyl (C=O) groups excluding carboxylic acids is 2. The topological polar surface area (TPSA) is 76.1 Å². The van der Waals surface area contributed by atoms with Crippen LogP contribution in [0.3, 0.4) is 0 Å². The van der Waals surface area contributed by atoms with Crippen molar-refractivity contribution in [2.75, 3.05) is 39.5 Å². The van der Waals surface area contributed by atoms with E-state index < -0.39 is 5.41 Å². The van der Waals surface area contributed by atoms with Crippen molar-refractivity contribution in [3.8, 4) is 0 Å². The summed E-state index contributed by atoms with van der Waals surface area (Å²) < 4.78 is 11.1. The molecule has 6 nitrogen and oxygen atoms in total. The van der Waals surface area contributed by atoms with E-state index in [2.05, 4.69) is 25.7 Å². The van der Waals surface area contributed by atoms with Gasteiger partial charge in [-0.15, -0.1) is 0 Å². The molecule has 0 amide bonds. The fraction of sp³-hybridized carbons (Fsp3) is 0.952. The van der Waals surface area contributed by atoms with Gasteiger partial charge in [0.25, 0.3) is 0 Å². The zero-order valence-electron chi connectivity index (χ0n) is 32.9. The SMILES string of the molecule is CCCCCCCCCOC(=O)C(C)(C)CCCCCCN(CCO)CCCCCCCC(=O)OCCCCC(CCCC)CCCC. The molecule has 0 radical (unpaired) electrons. The molecule has 0 spiro atoms. The Morgan fingerprint density at radius 2 is 1.04 bits per heavy atom. The molecule has 0 rings (SSSR count). The Labute approximate surface area is 299 Å². The van der Waals surface area contributed by atoms with E-state index in [9.17, 15) is 14.7 Å². The molecule has 0 aliphatic heterocycles. The van der Waals surface area contributed by atoms with Crippen LogP contribution in [0.1, 0.15) is 208 Å². The molecular formula is C42H83NO5. The molecule has 0 aromatic carbocycles.